The predicted octanol–water partition coefficient (Wildman–Crippen LogP) is 2.96. The van der Waals surface area contributed by atoms with E-state index in [9.17, 15) is 9.59 Å². The largest absolute Gasteiger partial charge is 0.497 e. The molecule has 0 unspecified atom stereocenters. The van der Waals surface area contributed by atoms with Crippen LogP contribution in [0.4, 0.5) is 0 Å². The van der Waals surface area contributed by atoms with Gasteiger partial charge in [-0.2, -0.15) is 0 Å². The van der Waals surface area contributed by atoms with E-state index in [1.54, 1.807) is 26.1 Å². The highest BCUT2D eigenvalue weighted by atomic mass is 32.1. The minimum Gasteiger partial charge on any atom is -0.497 e. The van der Waals surface area contributed by atoms with Gasteiger partial charge in [-0.3, -0.25) is 14.5 Å². The molecule has 1 N–H and O–H groups in total. The number of H-pyrrole nitrogens is 1. The zero-order valence-corrected chi connectivity index (χ0v) is 18.0. The number of ether oxygens (including phenoxy) is 1. The first-order valence-corrected chi connectivity index (χ1v) is 10.3. The van der Waals surface area contributed by atoms with E-state index >= 15 is 0 Å². The van der Waals surface area contributed by atoms with Crippen molar-refractivity contribution in [3.63, 3.8) is 0 Å². The molecule has 0 aliphatic carbocycles. The van der Waals surface area contributed by atoms with Crippen LogP contribution >= 0.6 is 11.3 Å². The molecular weight excluding hydrogens is 388 g/mol. The van der Waals surface area contributed by atoms with E-state index in [1.165, 1.54) is 11.3 Å². The number of amides is 1. The number of nitrogens with zero attached hydrogens (tertiary/aromatic N) is 3. The SMILES string of the molecule is CCCN(CC(=O)N(C)C)Cc1nc2cc(-c3ccc(OC)cc3)sc2c(=O)[nH]1. The van der Waals surface area contributed by atoms with Gasteiger partial charge in [0.1, 0.15) is 16.3 Å². The smallest absolute Gasteiger partial charge is 0.268 e. The van der Waals surface area contributed by atoms with Crippen molar-refractivity contribution in [3.8, 4) is 16.2 Å². The summed E-state index contributed by atoms with van der Waals surface area (Å²) in [6.07, 6.45) is 0.910. The van der Waals surface area contributed by atoms with Gasteiger partial charge in [0.2, 0.25) is 5.91 Å². The van der Waals surface area contributed by atoms with Crippen LogP contribution in [-0.2, 0) is 11.3 Å². The van der Waals surface area contributed by atoms with E-state index in [4.69, 9.17) is 4.74 Å². The molecule has 3 rings (SSSR count). The summed E-state index contributed by atoms with van der Waals surface area (Å²) in [5.41, 5.74) is 1.54. The van der Waals surface area contributed by atoms with Gasteiger partial charge in [-0.25, -0.2) is 4.98 Å². The molecule has 0 radical (unpaired) electrons. The number of carbonyl (C=O) groups excluding carboxylic acids is 1. The molecule has 3 aromatic rings. The van der Waals surface area contributed by atoms with Crippen LogP contribution < -0.4 is 10.3 Å². The molecule has 2 heterocycles. The van der Waals surface area contributed by atoms with Gasteiger partial charge in [0.15, 0.2) is 0 Å². The van der Waals surface area contributed by atoms with Gasteiger partial charge in [0.25, 0.3) is 5.56 Å². The summed E-state index contributed by atoms with van der Waals surface area (Å²) in [7, 11) is 5.11. The quantitative estimate of drug-likeness (QED) is 0.613. The van der Waals surface area contributed by atoms with Crippen LogP contribution in [0.1, 0.15) is 19.2 Å². The zero-order valence-electron chi connectivity index (χ0n) is 17.2. The summed E-state index contributed by atoms with van der Waals surface area (Å²) in [6.45, 7) is 3.53. The number of hydrogen-bond acceptors (Lipinski definition) is 6. The van der Waals surface area contributed by atoms with Gasteiger partial charge in [-0.1, -0.05) is 6.92 Å². The molecule has 8 heteroatoms. The standard InChI is InChI=1S/C21H26N4O3S/c1-5-10-25(13-19(26)24(2)3)12-18-22-16-11-17(29-20(16)21(27)23-18)14-6-8-15(28-4)9-7-14/h6-9,11H,5,10,12-13H2,1-4H3,(H,22,23,27). The van der Waals surface area contributed by atoms with Crippen molar-refractivity contribution in [1.29, 1.82) is 0 Å². The summed E-state index contributed by atoms with van der Waals surface area (Å²) in [6, 6.07) is 9.67. The number of likely N-dealkylation sites (N-methyl/N-ethyl adjacent to an activating group) is 1. The molecule has 0 saturated heterocycles. The third kappa shape index (κ3) is 5.02. The monoisotopic (exact) mass is 414 g/mol. The molecule has 0 spiro atoms. The fourth-order valence-corrected chi connectivity index (χ4v) is 4.03. The van der Waals surface area contributed by atoms with Crippen molar-refractivity contribution in [3.05, 3.63) is 46.5 Å². The van der Waals surface area contributed by atoms with E-state index < -0.39 is 0 Å². The van der Waals surface area contributed by atoms with E-state index in [1.807, 2.05) is 35.2 Å². The fraction of sp³-hybridized carbons (Fsp3) is 0.381. The Bertz CT molecular complexity index is 1040. The Hall–Kier alpha value is -2.71. The number of nitrogens with one attached hydrogen (secondary N) is 1. The number of aromatic amines is 1. The molecule has 2 aromatic heterocycles. The number of thiophene rings is 1. The van der Waals surface area contributed by atoms with Crippen molar-refractivity contribution < 1.29 is 9.53 Å². The minimum absolute atomic E-state index is 0.0270. The Kier molecular flexibility index (Phi) is 6.66. The molecule has 0 fully saturated rings. The zero-order chi connectivity index (χ0) is 21.0. The molecule has 1 aromatic carbocycles. The maximum atomic E-state index is 12.6. The topological polar surface area (TPSA) is 78.5 Å². The van der Waals surface area contributed by atoms with E-state index in [0.717, 1.165) is 29.2 Å². The second kappa shape index (κ2) is 9.19. The maximum Gasteiger partial charge on any atom is 0.268 e. The Labute approximate surface area is 173 Å². The lowest BCUT2D eigenvalue weighted by atomic mass is 10.2. The van der Waals surface area contributed by atoms with Crippen LogP contribution in [0.3, 0.4) is 0 Å². The van der Waals surface area contributed by atoms with Crippen molar-refractivity contribution in [1.82, 2.24) is 19.8 Å². The Morgan fingerprint density at radius 2 is 1.97 bits per heavy atom. The van der Waals surface area contributed by atoms with Crippen LogP contribution in [0.2, 0.25) is 0 Å². The minimum atomic E-state index is -0.148. The number of methoxy groups -OCH3 is 1. The van der Waals surface area contributed by atoms with Crippen molar-refractivity contribution in [2.45, 2.75) is 19.9 Å². The molecule has 0 atom stereocenters. The van der Waals surface area contributed by atoms with Gasteiger partial charge >= 0.3 is 0 Å². The second-order valence-corrected chi connectivity index (χ2v) is 8.12. The Morgan fingerprint density at radius 3 is 2.59 bits per heavy atom. The first-order valence-electron chi connectivity index (χ1n) is 9.51. The summed E-state index contributed by atoms with van der Waals surface area (Å²) >= 11 is 1.42. The average molecular weight is 415 g/mol. The molecule has 7 nitrogen and oxygen atoms in total. The van der Waals surface area contributed by atoms with E-state index in [0.29, 0.717) is 29.1 Å². The molecule has 154 valence electrons. The number of carbonyl (C=O) groups is 1. The summed E-state index contributed by atoms with van der Waals surface area (Å²) < 4.78 is 5.80. The van der Waals surface area contributed by atoms with Gasteiger partial charge in [0, 0.05) is 19.0 Å². The molecular formula is C21H26N4O3S. The van der Waals surface area contributed by atoms with Crippen molar-refractivity contribution >= 4 is 27.5 Å². The molecule has 29 heavy (non-hydrogen) atoms. The number of aromatic nitrogens is 2. The first kappa shape index (κ1) is 21.0. The van der Waals surface area contributed by atoms with Crippen LogP contribution in [0, 0.1) is 0 Å². The highest BCUT2D eigenvalue weighted by Crippen LogP contribution is 2.31. The maximum absolute atomic E-state index is 12.6. The predicted molar refractivity (Wildman–Crippen MR) is 116 cm³/mol. The lowest BCUT2D eigenvalue weighted by Crippen LogP contribution is -2.37. The van der Waals surface area contributed by atoms with E-state index in [2.05, 4.69) is 16.9 Å². The van der Waals surface area contributed by atoms with Gasteiger partial charge < -0.3 is 14.6 Å². The van der Waals surface area contributed by atoms with Crippen molar-refractivity contribution in [2.75, 3.05) is 34.3 Å². The normalized spacial score (nSPS) is 11.2. The Balaban J connectivity index is 1.87. The highest BCUT2D eigenvalue weighted by Gasteiger charge is 2.15. The van der Waals surface area contributed by atoms with Crippen LogP contribution in [0.15, 0.2) is 35.1 Å². The molecule has 0 bridgehead atoms. The first-order chi connectivity index (χ1) is 13.9. The lowest BCUT2D eigenvalue weighted by molar-refractivity contribution is -0.130. The van der Waals surface area contributed by atoms with Gasteiger partial charge in [0.05, 0.1) is 25.7 Å². The van der Waals surface area contributed by atoms with Crippen LogP contribution in [0.5, 0.6) is 5.75 Å². The lowest BCUT2D eigenvalue weighted by Gasteiger charge is -2.22. The second-order valence-electron chi connectivity index (χ2n) is 7.06. The fourth-order valence-electron chi connectivity index (χ4n) is 3.04. The third-order valence-electron chi connectivity index (χ3n) is 4.58. The number of hydrogen-bond donors (Lipinski definition) is 1. The Morgan fingerprint density at radius 1 is 1.24 bits per heavy atom. The summed E-state index contributed by atoms with van der Waals surface area (Å²) in [5, 5.41) is 0. The number of benzene rings is 1. The van der Waals surface area contributed by atoms with Gasteiger partial charge in [-0.15, -0.1) is 11.3 Å². The third-order valence-corrected chi connectivity index (χ3v) is 5.75. The van der Waals surface area contributed by atoms with Gasteiger partial charge in [-0.05, 0) is 48.9 Å². The molecule has 0 saturated carbocycles. The van der Waals surface area contributed by atoms with Crippen LogP contribution in [0.25, 0.3) is 20.7 Å². The number of fused-ring (bicyclic) bond motifs is 1. The number of rotatable bonds is 8. The summed E-state index contributed by atoms with van der Waals surface area (Å²) in [5.74, 6) is 1.39. The summed E-state index contributed by atoms with van der Waals surface area (Å²) in [4.78, 5) is 36.8. The van der Waals surface area contributed by atoms with E-state index in [-0.39, 0.29) is 11.5 Å². The molecule has 0 aliphatic heterocycles. The van der Waals surface area contributed by atoms with Crippen molar-refractivity contribution in [2.24, 2.45) is 0 Å². The van der Waals surface area contributed by atoms with Crippen LogP contribution in [-0.4, -0.2) is 60.0 Å². The average Bonchev–Trinajstić information content (AvgIpc) is 3.13. The highest BCUT2D eigenvalue weighted by molar-refractivity contribution is 7.22. The molecule has 0 aliphatic rings. The molecule has 1 amide bonds.